The Morgan fingerprint density at radius 2 is 1.95 bits per heavy atom. The molecule has 0 spiro atoms. The minimum absolute atomic E-state index is 0.203. The Morgan fingerprint density at radius 1 is 1.29 bits per heavy atom. The number of esters is 1. The zero-order chi connectivity index (χ0) is 15.2. The van der Waals surface area contributed by atoms with Gasteiger partial charge < -0.3 is 10.1 Å². The van der Waals surface area contributed by atoms with Crippen LogP contribution in [0.4, 0.5) is 0 Å². The number of aromatic nitrogens is 2. The summed E-state index contributed by atoms with van der Waals surface area (Å²) in [7, 11) is 1.31. The Kier molecular flexibility index (Phi) is 4.84. The molecule has 1 atom stereocenters. The maximum atomic E-state index is 11.4. The molecular formula is C14H12ClN3O3. The van der Waals surface area contributed by atoms with E-state index in [4.69, 9.17) is 11.6 Å². The highest BCUT2D eigenvalue weighted by molar-refractivity contribution is 6.30. The fraction of sp³-hybridized carbons (Fsp3) is 0.143. The van der Waals surface area contributed by atoms with Crippen molar-refractivity contribution in [2.45, 2.75) is 6.04 Å². The van der Waals surface area contributed by atoms with E-state index in [-0.39, 0.29) is 5.15 Å². The van der Waals surface area contributed by atoms with E-state index >= 15 is 0 Å². The standard InChI is InChI=1S/C14H12ClN3O3/c1-21-14(20)10-4-2-9(3-5-10)11(18-8-19)12-13(15)17-7-6-16-12/h2-8,11H,1H3,(H,18,19). The predicted octanol–water partition coefficient (Wildman–Crippen LogP) is 1.75. The Bertz CT molecular complexity index is 646. The number of halogens is 1. The van der Waals surface area contributed by atoms with E-state index in [1.807, 2.05) is 0 Å². The van der Waals surface area contributed by atoms with Crippen molar-refractivity contribution in [3.8, 4) is 0 Å². The number of carbonyl (C=O) groups is 2. The predicted molar refractivity (Wildman–Crippen MR) is 75.9 cm³/mol. The van der Waals surface area contributed by atoms with Gasteiger partial charge in [0.05, 0.1) is 18.7 Å². The first-order valence-electron chi connectivity index (χ1n) is 6.01. The van der Waals surface area contributed by atoms with E-state index in [0.29, 0.717) is 17.7 Å². The van der Waals surface area contributed by atoms with Gasteiger partial charge in [0.15, 0.2) is 5.15 Å². The summed E-state index contributed by atoms with van der Waals surface area (Å²) < 4.78 is 4.63. The second-order valence-electron chi connectivity index (χ2n) is 4.06. The molecule has 108 valence electrons. The van der Waals surface area contributed by atoms with Crippen molar-refractivity contribution in [1.29, 1.82) is 0 Å². The molecule has 1 aromatic heterocycles. The van der Waals surface area contributed by atoms with Crippen LogP contribution in [-0.4, -0.2) is 29.5 Å². The Hall–Kier alpha value is -2.47. The molecular weight excluding hydrogens is 294 g/mol. The highest BCUT2D eigenvalue weighted by Crippen LogP contribution is 2.24. The number of nitrogens with one attached hydrogen (secondary N) is 1. The van der Waals surface area contributed by atoms with E-state index in [9.17, 15) is 9.59 Å². The number of benzene rings is 1. The minimum atomic E-state index is -0.546. The second-order valence-corrected chi connectivity index (χ2v) is 4.42. The van der Waals surface area contributed by atoms with E-state index in [0.717, 1.165) is 5.56 Å². The van der Waals surface area contributed by atoms with Crippen LogP contribution >= 0.6 is 11.6 Å². The highest BCUT2D eigenvalue weighted by Gasteiger charge is 2.19. The smallest absolute Gasteiger partial charge is 0.337 e. The van der Waals surface area contributed by atoms with Gasteiger partial charge in [-0.1, -0.05) is 23.7 Å². The fourth-order valence-electron chi connectivity index (χ4n) is 1.86. The van der Waals surface area contributed by atoms with Crippen molar-refractivity contribution in [2.75, 3.05) is 7.11 Å². The number of carbonyl (C=O) groups excluding carboxylic acids is 2. The van der Waals surface area contributed by atoms with E-state index in [1.54, 1.807) is 24.3 Å². The quantitative estimate of drug-likeness (QED) is 0.672. The summed E-state index contributed by atoms with van der Waals surface area (Å²) in [5.41, 5.74) is 1.56. The fourth-order valence-corrected chi connectivity index (χ4v) is 2.07. The van der Waals surface area contributed by atoms with Crippen LogP contribution in [-0.2, 0) is 9.53 Å². The first kappa shape index (κ1) is 14.9. The molecule has 1 aromatic carbocycles. The van der Waals surface area contributed by atoms with Crippen molar-refractivity contribution >= 4 is 24.0 Å². The molecule has 0 saturated carbocycles. The maximum Gasteiger partial charge on any atom is 0.337 e. The number of nitrogens with zero attached hydrogens (tertiary/aromatic N) is 2. The largest absolute Gasteiger partial charge is 0.465 e. The molecule has 7 heteroatoms. The van der Waals surface area contributed by atoms with Crippen molar-refractivity contribution in [3.05, 3.63) is 58.6 Å². The number of rotatable bonds is 5. The average Bonchev–Trinajstić information content (AvgIpc) is 2.53. The molecule has 0 aliphatic carbocycles. The second kappa shape index (κ2) is 6.81. The van der Waals surface area contributed by atoms with Crippen LogP contribution < -0.4 is 5.32 Å². The summed E-state index contributed by atoms with van der Waals surface area (Å²) in [5, 5.41) is 2.84. The van der Waals surface area contributed by atoms with Crippen LogP contribution in [0.2, 0.25) is 5.15 Å². The molecule has 0 aliphatic rings. The summed E-state index contributed by atoms with van der Waals surface area (Å²) in [5.74, 6) is -0.431. The molecule has 1 N–H and O–H groups in total. The van der Waals surface area contributed by atoms with Crippen molar-refractivity contribution in [3.63, 3.8) is 0 Å². The van der Waals surface area contributed by atoms with E-state index in [2.05, 4.69) is 20.0 Å². The summed E-state index contributed by atoms with van der Waals surface area (Å²) in [4.78, 5) is 30.3. The third-order valence-electron chi connectivity index (χ3n) is 2.85. The first-order valence-corrected chi connectivity index (χ1v) is 6.39. The van der Waals surface area contributed by atoms with Gasteiger partial charge in [-0.2, -0.15) is 0 Å². The van der Waals surface area contributed by atoms with Gasteiger partial charge in [0.2, 0.25) is 6.41 Å². The number of methoxy groups -OCH3 is 1. The lowest BCUT2D eigenvalue weighted by Gasteiger charge is -2.16. The first-order chi connectivity index (χ1) is 10.2. The third kappa shape index (κ3) is 3.35. The average molecular weight is 306 g/mol. The molecule has 0 radical (unpaired) electrons. The van der Waals surface area contributed by atoms with E-state index < -0.39 is 12.0 Å². The third-order valence-corrected chi connectivity index (χ3v) is 3.14. The molecule has 1 amide bonds. The van der Waals surface area contributed by atoms with Crippen LogP contribution in [0.1, 0.15) is 27.7 Å². The van der Waals surface area contributed by atoms with Gasteiger partial charge in [-0.25, -0.2) is 9.78 Å². The minimum Gasteiger partial charge on any atom is -0.465 e. The van der Waals surface area contributed by atoms with Gasteiger partial charge in [0.1, 0.15) is 5.69 Å². The SMILES string of the molecule is COC(=O)c1ccc(C(NC=O)c2nccnc2Cl)cc1. The monoisotopic (exact) mass is 305 g/mol. The lowest BCUT2D eigenvalue weighted by molar-refractivity contribution is -0.110. The van der Waals surface area contributed by atoms with Gasteiger partial charge in [-0.05, 0) is 17.7 Å². The molecule has 0 aliphatic heterocycles. The number of hydrogen-bond acceptors (Lipinski definition) is 5. The topological polar surface area (TPSA) is 81.2 Å². The Labute approximate surface area is 126 Å². The molecule has 0 saturated heterocycles. The van der Waals surface area contributed by atoms with Crippen LogP contribution in [0.25, 0.3) is 0 Å². The van der Waals surface area contributed by atoms with Crippen LogP contribution in [0.3, 0.4) is 0 Å². The molecule has 1 unspecified atom stereocenters. The van der Waals surface area contributed by atoms with Gasteiger partial charge >= 0.3 is 5.97 Å². The molecule has 2 aromatic rings. The number of ether oxygens (including phenoxy) is 1. The van der Waals surface area contributed by atoms with Crippen LogP contribution in [0.15, 0.2) is 36.7 Å². The van der Waals surface area contributed by atoms with Crippen LogP contribution in [0, 0.1) is 0 Å². The summed E-state index contributed by atoms with van der Waals surface area (Å²) in [6.07, 6.45) is 3.51. The molecule has 6 nitrogen and oxygen atoms in total. The lowest BCUT2D eigenvalue weighted by atomic mass is 10.0. The number of amides is 1. The maximum absolute atomic E-state index is 11.4. The molecule has 1 heterocycles. The molecule has 0 fully saturated rings. The van der Waals surface area contributed by atoms with Crippen molar-refractivity contribution in [2.24, 2.45) is 0 Å². The zero-order valence-corrected chi connectivity index (χ0v) is 11.9. The zero-order valence-electron chi connectivity index (χ0n) is 11.1. The lowest BCUT2D eigenvalue weighted by Crippen LogP contribution is -2.22. The normalized spacial score (nSPS) is 11.5. The summed E-state index contributed by atoms with van der Waals surface area (Å²) in [6.45, 7) is 0. The van der Waals surface area contributed by atoms with Gasteiger partial charge in [-0.3, -0.25) is 9.78 Å². The highest BCUT2D eigenvalue weighted by atomic mass is 35.5. The number of hydrogen-bond donors (Lipinski definition) is 1. The van der Waals surface area contributed by atoms with Gasteiger partial charge in [0, 0.05) is 12.4 Å². The Balaban J connectivity index is 2.37. The van der Waals surface area contributed by atoms with Crippen molar-refractivity contribution in [1.82, 2.24) is 15.3 Å². The van der Waals surface area contributed by atoms with E-state index in [1.165, 1.54) is 19.5 Å². The molecule has 0 bridgehead atoms. The summed E-state index contributed by atoms with van der Waals surface area (Å²) >= 11 is 6.01. The molecule has 21 heavy (non-hydrogen) atoms. The Morgan fingerprint density at radius 3 is 2.52 bits per heavy atom. The molecule has 2 rings (SSSR count). The van der Waals surface area contributed by atoms with Crippen LogP contribution in [0.5, 0.6) is 0 Å². The van der Waals surface area contributed by atoms with Gasteiger partial charge in [-0.15, -0.1) is 0 Å². The van der Waals surface area contributed by atoms with Gasteiger partial charge in [0.25, 0.3) is 0 Å². The summed E-state index contributed by atoms with van der Waals surface area (Å²) in [6, 6.07) is 6.04. The van der Waals surface area contributed by atoms with Crippen molar-refractivity contribution < 1.29 is 14.3 Å².